The molecule has 2 heterocycles. The Labute approximate surface area is 149 Å². The summed E-state index contributed by atoms with van der Waals surface area (Å²) in [6, 6.07) is 8.16. The van der Waals surface area contributed by atoms with Gasteiger partial charge in [-0.05, 0) is 43.0 Å². The van der Waals surface area contributed by atoms with Crippen molar-refractivity contribution >= 4 is 23.2 Å². The fourth-order valence-electron chi connectivity index (χ4n) is 3.56. The zero-order chi connectivity index (χ0) is 17.8. The molecule has 2 aliphatic rings. The van der Waals surface area contributed by atoms with Gasteiger partial charge in [-0.1, -0.05) is 13.0 Å². The second kappa shape index (κ2) is 7.72. The van der Waals surface area contributed by atoms with Crippen LogP contribution < -0.4 is 15.1 Å². The highest BCUT2D eigenvalue weighted by Gasteiger charge is 2.34. The van der Waals surface area contributed by atoms with Crippen LogP contribution in [0.3, 0.4) is 0 Å². The molecular weight excluding hydrogens is 314 g/mol. The van der Waals surface area contributed by atoms with E-state index in [1.54, 1.807) is 11.0 Å². The van der Waals surface area contributed by atoms with Gasteiger partial charge in [0.2, 0.25) is 11.8 Å². The minimum absolute atomic E-state index is 0.0123. The maximum Gasteiger partial charge on any atom is 0.227 e. The van der Waals surface area contributed by atoms with Crippen LogP contribution in [-0.2, 0) is 9.59 Å². The van der Waals surface area contributed by atoms with Gasteiger partial charge < -0.3 is 15.1 Å². The van der Waals surface area contributed by atoms with Crippen molar-refractivity contribution in [3.63, 3.8) is 0 Å². The molecule has 3 rings (SSSR count). The molecule has 1 aromatic carbocycles. The Kier molecular flexibility index (Phi) is 5.41. The summed E-state index contributed by atoms with van der Waals surface area (Å²) in [5.41, 5.74) is 2.08. The lowest BCUT2D eigenvalue weighted by atomic mass is 9.99. The number of anilines is 2. The number of amides is 2. The van der Waals surface area contributed by atoms with Gasteiger partial charge in [0.05, 0.1) is 5.92 Å². The Hall–Kier alpha value is -2.30. The number of nitrogens with one attached hydrogen (secondary N) is 1. The second-order valence-corrected chi connectivity index (χ2v) is 7.13. The number of hydrogen-bond donors (Lipinski definition) is 1. The Balaban J connectivity index is 1.63. The number of nitrogens with zero attached hydrogens (tertiary/aromatic N) is 2. The van der Waals surface area contributed by atoms with Crippen molar-refractivity contribution in [1.82, 2.24) is 5.32 Å². The van der Waals surface area contributed by atoms with Crippen molar-refractivity contribution in [2.75, 3.05) is 36.0 Å². The molecule has 2 amide bonds. The Morgan fingerprint density at radius 1 is 1.24 bits per heavy atom. The zero-order valence-electron chi connectivity index (χ0n) is 14.9. The summed E-state index contributed by atoms with van der Waals surface area (Å²) in [7, 11) is 0. The van der Waals surface area contributed by atoms with E-state index >= 15 is 0 Å². The third-order valence-electron chi connectivity index (χ3n) is 5.23. The predicted octanol–water partition coefficient (Wildman–Crippen LogP) is 2.58. The first-order chi connectivity index (χ1) is 12.1. The maximum atomic E-state index is 12.3. The van der Waals surface area contributed by atoms with Crippen LogP contribution in [0.25, 0.3) is 0 Å². The third-order valence-corrected chi connectivity index (χ3v) is 5.23. The third kappa shape index (κ3) is 4.03. The van der Waals surface area contributed by atoms with Gasteiger partial charge in [-0.15, -0.1) is 6.58 Å². The fourth-order valence-corrected chi connectivity index (χ4v) is 3.56. The van der Waals surface area contributed by atoms with E-state index in [0.717, 1.165) is 24.7 Å². The van der Waals surface area contributed by atoms with E-state index in [0.29, 0.717) is 13.1 Å². The Bertz CT molecular complexity index is 633. The van der Waals surface area contributed by atoms with Crippen LogP contribution in [0.4, 0.5) is 11.4 Å². The van der Waals surface area contributed by atoms with Crippen LogP contribution in [0.2, 0.25) is 0 Å². The maximum absolute atomic E-state index is 12.3. The van der Waals surface area contributed by atoms with Crippen molar-refractivity contribution < 1.29 is 9.59 Å². The highest BCUT2D eigenvalue weighted by atomic mass is 16.2. The van der Waals surface area contributed by atoms with Crippen molar-refractivity contribution in [2.24, 2.45) is 11.8 Å². The summed E-state index contributed by atoms with van der Waals surface area (Å²) in [5, 5.41) is 2.78. The molecule has 0 bridgehead atoms. The smallest absolute Gasteiger partial charge is 0.227 e. The molecule has 0 radical (unpaired) electrons. The summed E-state index contributed by atoms with van der Waals surface area (Å²) in [5.74, 6) is 0.464. The largest absolute Gasteiger partial charge is 0.372 e. The van der Waals surface area contributed by atoms with Crippen molar-refractivity contribution in [3.8, 4) is 0 Å². The van der Waals surface area contributed by atoms with Gasteiger partial charge >= 0.3 is 0 Å². The summed E-state index contributed by atoms with van der Waals surface area (Å²) >= 11 is 0. The second-order valence-electron chi connectivity index (χ2n) is 7.13. The molecule has 0 saturated carbocycles. The number of piperidine rings is 1. The molecule has 5 heteroatoms. The number of benzene rings is 1. The molecule has 0 spiro atoms. The summed E-state index contributed by atoms with van der Waals surface area (Å²) < 4.78 is 0. The molecule has 1 aromatic rings. The Morgan fingerprint density at radius 3 is 2.52 bits per heavy atom. The lowest BCUT2D eigenvalue weighted by Gasteiger charge is -2.32. The minimum atomic E-state index is -0.282. The molecule has 0 aromatic heterocycles. The topological polar surface area (TPSA) is 52.7 Å². The first-order valence-electron chi connectivity index (χ1n) is 9.12. The SMILES string of the molecule is C=CCNC(=O)C1CC(=O)N(c2ccc(N3CCC(C)CC3)cc2)C1. The molecular formula is C20H27N3O2. The molecule has 134 valence electrons. The van der Waals surface area contributed by atoms with Gasteiger partial charge in [0, 0.05) is 44.0 Å². The number of carbonyl (C=O) groups excluding carboxylic acids is 2. The lowest BCUT2D eigenvalue weighted by Crippen LogP contribution is -2.33. The van der Waals surface area contributed by atoms with Crippen LogP contribution in [0.5, 0.6) is 0 Å². The molecule has 25 heavy (non-hydrogen) atoms. The predicted molar refractivity (Wildman–Crippen MR) is 101 cm³/mol. The first kappa shape index (κ1) is 17.5. The van der Waals surface area contributed by atoms with E-state index in [2.05, 4.69) is 35.9 Å². The van der Waals surface area contributed by atoms with E-state index in [4.69, 9.17) is 0 Å². The molecule has 1 unspecified atom stereocenters. The summed E-state index contributed by atoms with van der Waals surface area (Å²) in [6.45, 7) is 8.97. The Morgan fingerprint density at radius 2 is 1.88 bits per heavy atom. The van der Waals surface area contributed by atoms with E-state index in [1.165, 1.54) is 18.5 Å². The molecule has 2 aliphatic heterocycles. The molecule has 1 N–H and O–H groups in total. The molecule has 2 fully saturated rings. The quantitative estimate of drug-likeness (QED) is 0.838. The van der Waals surface area contributed by atoms with E-state index in [9.17, 15) is 9.59 Å². The first-order valence-corrected chi connectivity index (χ1v) is 9.12. The standard InChI is InChI=1S/C20H27N3O2/c1-3-10-21-20(25)16-13-19(24)23(14-16)18-6-4-17(5-7-18)22-11-8-15(2)9-12-22/h3-7,15-16H,1,8-14H2,2H3,(H,21,25). The van der Waals surface area contributed by atoms with Gasteiger partial charge in [-0.25, -0.2) is 0 Å². The molecule has 0 aliphatic carbocycles. The number of rotatable bonds is 5. The highest BCUT2D eigenvalue weighted by Crippen LogP contribution is 2.29. The zero-order valence-corrected chi connectivity index (χ0v) is 14.9. The number of hydrogen-bond acceptors (Lipinski definition) is 3. The van der Waals surface area contributed by atoms with E-state index in [1.807, 2.05) is 12.1 Å². The van der Waals surface area contributed by atoms with Gasteiger partial charge in [0.25, 0.3) is 0 Å². The van der Waals surface area contributed by atoms with Gasteiger partial charge in [0.1, 0.15) is 0 Å². The lowest BCUT2D eigenvalue weighted by molar-refractivity contribution is -0.126. The monoisotopic (exact) mass is 341 g/mol. The average molecular weight is 341 g/mol. The van der Waals surface area contributed by atoms with Crippen molar-refractivity contribution in [1.29, 1.82) is 0 Å². The van der Waals surface area contributed by atoms with Crippen LogP contribution in [0, 0.1) is 11.8 Å². The molecule has 1 atom stereocenters. The highest BCUT2D eigenvalue weighted by molar-refractivity contribution is 6.00. The van der Waals surface area contributed by atoms with E-state index in [-0.39, 0.29) is 24.2 Å². The molecule has 2 saturated heterocycles. The van der Waals surface area contributed by atoms with Crippen LogP contribution in [-0.4, -0.2) is 38.0 Å². The average Bonchev–Trinajstić information content (AvgIpc) is 3.02. The van der Waals surface area contributed by atoms with Crippen LogP contribution in [0.15, 0.2) is 36.9 Å². The van der Waals surface area contributed by atoms with Crippen LogP contribution in [0.1, 0.15) is 26.2 Å². The van der Waals surface area contributed by atoms with Gasteiger partial charge in [-0.2, -0.15) is 0 Å². The summed E-state index contributed by atoms with van der Waals surface area (Å²) in [4.78, 5) is 28.5. The molecule has 5 nitrogen and oxygen atoms in total. The van der Waals surface area contributed by atoms with Crippen molar-refractivity contribution in [2.45, 2.75) is 26.2 Å². The minimum Gasteiger partial charge on any atom is -0.372 e. The summed E-state index contributed by atoms with van der Waals surface area (Å²) in [6.07, 6.45) is 4.38. The van der Waals surface area contributed by atoms with E-state index < -0.39 is 0 Å². The fraction of sp³-hybridized carbons (Fsp3) is 0.500. The van der Waals surface area contributed by atoms with Gasteiger partial charge in [-0.3, -0.25) is 9.59 Å². The van der Waals surface area contributed by atoms with Gasteiger partial charge in [0.15, 0.2) is 0 Å². The van der Waals surface area contributed by atoms with Crippen LogP contribution >= 0.6 is 0 Å². The normalized spacial score (nSPS) is 21.5. The van der Waals surface area contributed by atoms with Crippen molar-refractivity contribution in [3.05, 3.63) is 36.9 Å². The number of carbonyl (C=O) groups is 2.